The summed E-state index contributed by atoms with van der Waals surface area (Å²) >= 11 is 0. The predicted molar refractivity (Wildman–Crippen MR) is 45.3 cm³/mol. The molecular weight excluding hydrogens is 136 g/mol. The first-order valence-corrected chi connectivity index (χ1v) is 4.34. The van der Waals surface area contributed by atoms with Gasteiger partial charge in [-0.2, -0.15) is 0 Å². The van der Waals surface area contributed by atoms with Crippen LogP contribution in [-0.4, -0.2) is 4.57 Å². The highest BCUT2D eigenvalue weighted by molar-refractivity contribution is 4.71. The monoisotopic (exact) mass is 153 g/mol. The van der Waals surface area contributed by atoms with Gasteiger partial charge in [0.2, 0.25) is 6.33 Å². The summed E-state index contributed by atoms with van der Waals surface area (Å²) < 4.78 is 4.44. The zero-order chi connectivity index (χ0) is 8.27. The van der Waals surface area contributed by atoms with Crippen LogP contribution in [0.1, 0.15) is 33.2 Å². The molecule has 0 bridgehead atoms. The van der Waals surface area contributed by atoms with Gasteiger partial charge >= 0.3 is 0 Å². The molecule has 1 heterocycles. The molecule has 1 unspecified atom stereocenters. The minimum absolute atomic E-state index is 0.628. The molecule has 0 spiro atoms. The first-order chi connectivity index (χ1) is 5.27. The molecule has 0 saturated carbocycles. The molecule has 0 aromatic carbocycles. The van der Waals surface area contributed by atoms with Crippen LogP contribution in [0.5, 0.6) is 0 Å². The van der Waals surface area contributed by atoms with Crippen LogP contribution in [0.2, 0.25) is 0 Å². The van der Waals surface area contributed by atoms with Crippen molar-refractivity contribution in [1.82, 2.24) is 4.57 Å². The zero-order valence-corrected chi connectivity index (χ0v) is 7.62. The molecule has 2 nitrogen and oxygen atoms in total. The summed E-state index contributed by atoms with van der Waals surface area (Å²) in [5.74, 6) is 0. The van der Waals surface area contributed by atoms with Crippen LogP contribution in [0.3, 0.4) is 0 Å². The summed E-state index contributed by atoms with van der Waals surface area (Å²) in [7, 11) is 0. The average Bonchev–Trinajstić information content (AvgIpc) is 2.50. The van der Waals surface area contributed by atoms with Crippen LogP contribution in [0, 0.1) is 0 Å². The summed E-state index contributed by atoms with van der Waals surface area (Å²) in [5, 5.41) is 0. The van der Waals surface area contributed by atoms with E-state index in [2.05, 4.69) is 48.6 Å². The Morgan fingerprint density at radius 1 is 1.45 bits per heavy atom. The summed E-state index contributed by atoms with van der Waals surface area (Å²) in [4.78, 5) is 0. The lowest BCUT2D eigenvalue weighted by Gasteiger charge is -2.01. The Morgan fingerprint density at radius 2 is 2.18 bits per heavy atom. The van der Waals surface area contributed by atoms with Crippen molar-refractivity contribution in [2.75, 3.05) is 0 Å². The first-order valence-electron chi connectivity index (χ1n) is 4.34. The summed E-state index contributed by atoms with van der Waals surface area (Å²) in [6.07, 6.45) is 7.61. The molecular formula is C9H17N2+. The van der Waals surface area contributed by atoms with E-state index in [1.165, 1.54) is 6.42 Å². The van der Waals surface area contributed by atoms with Crippen molar-refractivity contribution in [3.05, 3.63) is 18.7 Å². The zero-order valence-electron chi connectivity index (χ0n) is 7.62. The summed E-state index contributed by atoms with van der Waals surface area (Å²) in [6, 6.07) is 0.628. The molecule has 0 radical (unpaired) electrons. The molecule has 11 heavy (non-hydrogen) atoms. The van der Waals surface area contributed by atoms with Crippen LogP contribution in [-0.2, 0) is 6.54 Å². The van der Waals surface area contributed by atoms with Gasteiger partial charge in [-0.3, -0.25) is 0 Å². The third kappa shape index (κ3) is 1.82. The second-order valence-electron chi connectivity index (χ2n) is 2.95. The fraction of sp³-hybridized carbons (Fsp3) is 0.667. The highest BCUT2D eigenvalue weighted by atomic mass is 15.1. The van der Waals surface area contributed by atoms with E-state index in [0.29, 0.717) is 6.04 Å². The first kappa shape index (κ1) is 8.31. The Balaban J connectivity index is 2.71. The van der Waals surface area contributed by atoms with Crippen molar-refractivity contribution >= 4 is 0 Å². The standard InChI is InChI=1S/C9H17N2/c1-4-9(3)11-7-6-10(5-2)8-11/h6-9H,4-5H2,1-3H3/q+1. The number of hydrogen-bond donors (Lipinski definition) is 0. The van der Waals surface area contributed by atoms with Crippen molar-refractivity contribution in [3.63, 3.8) is 0 Å². The third-order valence-electron chi connectivity index (χ3n) is 2.18. The lowest BCUT2D eigenvalue weighted by atomic mass is 10.3. The molecule has 1 atom stereocenters. The van der Waals surface area contributed by atoms with Gasteiger partial charge in [0.1, 0.15) is 12.4 Å². The van der Waals surface area contributed by atoms with Gasteiger partial charge in [-0.25, -0.2) is 9.13 Å². The summed E-state index contributed by atoms with van der Waals surface area (Å²) in [5.41, 5.74) is 0. The molecule has 62 valence electrons. The van der Waals surface area contributed by atoms with Crippen LogP contribution in [0.4, 0.5) is 0 Å². The Labute approximate surface area is 68.5 Å². The van der Waals surface area contributed by atoms with Crippen molar-refractivity contribution in [2.24, 2.45) is 0 Å². The van der Waals surface area contributed by atoms with Crippen molar-refractivity contribution < 1.29 is 4.57 Å². The van der Waals surface area contributed by atoms with Crippen LogP contribution in [0.25, 0.3) is 0 Å². The fourth-order valence-electron chi connectivity index (χ4n) is 1.07. The number of hydrogen-bond acceptors (Lipinski definition) is 0. The van der Waals surface area contributed by atoms with Gasteiger partial charge in [-0.1, -0.05) is 6.92 Å². The van der Waals surface area contributed by atoms with Crippen LogP contribution < -0.4 is 4.57 Å². The van der Waals surface area contributed by atoms with E-state index in [0.717, 1.165) is 6.54 Å². The molecule has 1 rings (SSSR count). The smallest absolute Gasteiger partial charge is 0.237 e. The number of aryl methyl sites for hydroxylation is 1. The van der Waals surface area contributed by atoms with Gasteiger partial charge in [-0.15, -0.1) is 0 Å². The summed E-state index contributed by atoms with van der Waals surface area (Å²) in [6.45, 7) is 7.66. The van der Waals surface area contributed by atoms with E-state index in [4.69, 9.17) is 0 Å². The maximum atomic E-state index is 2.25. The molecule has 0 amide bonds. The number of nitrogens with zero attached hydrogens (tertiary/aromatic N) is 2. The van der Waals surface area contributed by atoms with E-state index < -0.39 is 0 Å². The quantitative estimate of drug-likeness (QED) is 0.585. The van der Waals surface area contributed by atoms with Gasteiger partial charge in [0.15, 0.2) is 0 Å². The predicted octanol–water partition coefficient (Wildman–Crippen LogP) is 1.77. The Hall–Kier alpha value is -0.790. The van der Waals surface area contributed by atoms with E-state index in [9.17, 15) is 0 Å². The SMILES string of the molecule is CCC(C)n1cc[n+](CC)c1. The Bertz CT molecular complexity index is 215. The molecule has 2 heteroatoms. The molecule has 0 aliphatic carbocycles. The van der Waals surface area contributed by atoms with Gasteiger partial charge in [0.05, 0.1) is 12.6 Å². The number of rotatable bonds is 3. The fourth-order valence-corrected chi connectivity index (χ4v) is 1.07. The topological polar surface area (TPSA) is 8.81 Å². The minimum Gasteiger partial charge on any atom is -0.237 e. The van der Waals surface area contributed by atoms with Crippen LogP contribution in [0.15, 0.2) is 18.7 Å². The number of aromatic nitrogens is 2. The van der Waals surface area contributed by atoms with Crippen molar-refractivity contribution in [1.29, 1.82) is 0 Å². The molecule has 0 N–H and O–H groups in total. The normalized spacial score (nSPS) is 13.4. The van der Waals surface area contributed by atoms with E-state index in [-0.39, 0.29) is 0 Å². The Morgan fingerprint density at radius 3 is 2.64 bits per heavy atom. The van der Waals surface area contributed by atoms with Crippen molar-refractivity contribution in [3.8, 4) is 0 Å². The molecule has 0 aliphatic rings. The maximum Gasteiger partial charge on any atom is 0.243 e. The molecule has 1 aromatic rings. The highest BCUT2D eigenvalue weighted by Crippen LogP contribution is 2.06. The molecule has 0 fully saturated rings. The van der Waals surface area contributed by atoms with E-state index >= 15 is 0 Å². The van der Waals surface area contributed by atoms with Gasteiger partial charge < -0.3 is 0 Å². The van der Waals surface area contributed by atoms with Crippen LogP contribution >= 0.6 is 0 Å². The van der Waals surface area contributed by atoms with E-state index in [1.807, 2.05) is 0 Å². The average molecular weight is 153 g/mol. The molecule has 0 aliphatic heterocycles. The van der Waals surface area contributed by atoms with Gasteiger partial charge in [0, 0.05) is 0 Å². The Kier molecular flexibility index (Phi) is 2.69. The second-order valence-corrected chi connectivity index (χ2v) is 2.95. The van der Waals surface area contributed by atoms with Gasteiger partial charge in [-0.05, 0) is 20.3 Å². The van der Waals surface area contributed by atoms with E-state index in [1.54, 1.807) is 0 Å². The highest BCUT2D eigenvalue weighted by Gasteiger charge is 2.07. The second kappa shape index (κ2) is 3.56. The molecule has 1 aromatic heterocycles. The largest absolute Gasteiger partial charge is 0.243 e. The third-order valence-corrected chi connectivity index (χ3v) is 2.18. The van der Waals surface area contributed by atoms with Gasteiger partial charge in [0.25, 0.3) is 0 Å². The maximum absolute atomic E-state index is 2.25. The van der Waals surface area contributed by atoms with Crippen molar-refractivity contribution in [2.45, 2.75) is 39.8 Å². The lowest BCUT2D eigenvalue weighted by molar-refractivity contribution is -0.693. The molecule has 0 saturated heterocycles. The number of imidazole rings is 1. The lowest BCUT2D eigenvalue weighted by Crippen LogP contribution is -2.29. The minimum atomic E-state index is 0.628.